The Morgan fingerprint density at radius 2 is 2.17 bits per heavy atom. The summed E-state index contributed by atoms with van der Waals surface area (Å²) >= 11 is 3.19. The highest BCUT2D eigenvalue weighted by molar-refractivity contribution is 9.09. The second-order valence-corrected chi connectivity index (χ2v) is 4.62. The van der Waals surface area contributed by atoms with E-state index < -0.39 is 18.2 Å². The average Bonchev–Trinajstić information content (AvgIpc) is 2.37. The van der Waals surface area contributed by atoms with Crippen LogP contribution in [0.3, 0.4) is 0 Å². The third kappa shape index (κ3) is 3.44. The lowest BCUT2D eigenvalue weighted by atomic mass is 10.00. The van der Waals surface area contributed by atoms with Crippen LogP contribution in [0.1, 0.15) is 28.4 Å². The Bertz CT molecular complexity index is 425. The van der Waals surface area contributed by atoms with E-state index in [0.29, 0.717) is 17.3 Å². The summed E-state index contributed by atoms with van der Waals surface area (Å²) in [5, 5.41) is 20.1. The molecule has 0 heterocycles. The first-order chi connectivity index (χ1) is 8.51. The number of nitrogen functional groups attached to an aromatic ring is 1. The van der Waals surface area contributed by atoms with E-state index in [-0.39, 0.29) is 11.3 Å². The minimum Gasteiger partial charge on any atom is -0.465 e. The van der Waals surface area contributed by atoms with Gasteiger partial charge in [-0.1, -0.05) is 22.0 Å². The number of rotatable bonds is 5. The molecule has 0 radical (unpaired) electrons. The van der Waals surface area contributed by atoms with Crippen molar-refractivity contribution >= 4 is 27.6 Å². The van der Waals surface area contributed by atoms with Crippen LogP contribution in [0.4, 0.5) is 5.69 Å². The smallest absolute Gasteiger partial charge is 0.339 e. The van der Waals surface area contributed by atoms with Gasteiger partial charge in [-0.3, -0.25) is 0 Å². The lowest BCUT2D eigenvalue weighted by Crippen LogP contribution is -2.19. The maximum atomic E-state index is 11.3. The maximum Gasteiger partial charge on any atom is 0.339 e. The molecule has 0 aliphatic heterocycles. The first kappa shape index (κ1) is 14.9. The van der Waals surface area contributed by atoms with Gasteiger partial charge < -0.3 is 20.7 Å². The summed E-state index contributed by atoms with van der Waals surface area (Å²) in [4.78, 5) is 11.3. The van der Waals surface area contributed by atoms with Gasteiger partial charge in [0, 0.05) is 11.0 Å². The summed E-state index contributed by atoms with van der Waals surface area (Å²) in [5.41, 5.74) is 6.62. The molecule has 1 aromatic carbocycles. The van der Waals surface area contributed by atoms with Gasteiger partial charge in [-0.25, -0.2) is 4.79 Å². The fraction of sp³-hybridized carbons (Fsp3) is 0.417. The fourth-order valence-electron chi connectivity index (χ4n) is 1.55. The summed E-state index contributed by atoms with van der Waals surface area (Å²) < 4.78 is 4.57. The molecule has 5 nitrogen and oxygen atoms in total. The van der Waals surface area contributed by atoms with Crippen LogP contribution >= 0.6 is 15.9 Å². The number of carbonyl (C=O) groups excluding carboxylic acids is 1. The highest BCUT2D eigenvalue weighted by atomic mass is 79.9. The molecule has 0 aromatic heterocycles. The monoisotopic (exact) mass is 317 g/mol. The Morgan fingerprint density at radius 3 is 2.67 bits per heavy atom. The van der Waals surface area contributed by atoms with Gasteiger partial charge in [-0.05, 0) is 24.1 Å². The highest BCUT2D eigenvalue weighted by Crippen LogP contribution is 2.24. The van der Waals surface area contributed by atoms with Crippen molar-refractivity contribution in [3.63, 3.8) is 0 Å². The number of anilines is 1. The van der Waals surface area contributed by atoms with Gasteiger partial charge in [0.1, 0.15) is 6.10 Å². The quantitative estimate of drug-likeness (QED) is 0.431. The topological polar surface area (TPSA) is 92.8 Å². The molecule has 0 amide bonds. The van der Waals surface area contributed by atoms with Crippen molar-refractivity contribution in [1.29, 1.82) is 0 Å². The number of nitrogens with two attached hydrogens (primary N) is 1. The molecule has 18 heavy (non-hydrogen) atoms. The molecule has 0 spiro atoms. The summed E-state index contributed by atoms with van der Waals surface area (Å²) in [6.07, 6.45) is -1.50. The minimum atomic E-state index is -1.03. The normalized spacial score (nSPS) is 14.0. The van der Waals surface area contributed by atoms with Gasteiger partial charge in [0.2, 0.25) is 0 Å². The van der Waals surface area contributed by atoms with E-state index in [0.717, 1.165) is 0 Å². The van der Waals surface area contributed by atoms with Crippen LogP contribution in [-0.2, 0) is 4.74 Å². The first-order valence-electron chi connectivity index (χ1n) is 5.41. The predicted octanol–water partition coefficient (Wildman–Crippen LogP) is 1.23. The van der Waals surface area contributed by atoms with Crippen molar-refractivity contribution in [1.82, 2.24) is 0 Å². The van der Waals surface area contributed by atoms with Crippen molar-refractivity contribution in [2.45, 2.75) is 18.6 Å². The molecule has 0 saturated heterocycles. The van der Waals surface area contributed by atoms with E-state index in [1.807, 2.05) is 0 Å². The second kappa shape index (κ2) is 6.72. The maximum absolute atomic E-state index is 11.3. The fourth-order valence-corrected chi connectivity index (χ4v) is 2.02. The Hall–Kier alpha value is -1.11. The average molecular weight is 318 g/mol. The summed E-state index contributed by atoms with van der Waals surface area (Å²) in [7, 11) is 1.27. The number of ether oxygens (including phenoxy) is 1. The standard InChI is InChI=1S/C12H16BrNO4/c1-18-12(17)8-3-2-7(6-9(8)14)11(16)10(15)4-5-13/h2-3,6,10-11,15-16H,4-5,14H2,1H3. The van der Waals surface area contributed by atoms with Gasteiger partial charge in [-0.15, -0.1) is 0 Å². The third-order valence-electron chi connectivity index (χ3n) is 2.59. The minimum absolute atomic E-state index is 0.212. The van der Waals surface area contributed by atoms with Gasteiger partial charge >= 0.3 is 5.97 Å². The molecule has 6 heteroatoms. The van der Waals surface area contributed by atoms with Crippen LogP contribution in [0, 0.1) is 0 Å². The van der Waals surface area contributed by atoms with Gasteiger partial charge in [-0.2, -0.15) is 0 Å². The van der Waals surface area contributed by atoms with Crippen molar-refractivity contribution in [3.8, 4) is 0 Å². The van der Waals surface area contributed by atoms with E-state index in [4.69, 9.17) is 5.73 Å². The van der Waals surface area contributed by atoms with E-state index >= 15 is 0 Å². The molecular weight excluding hydrogens is 302 g/mol. The van der Waals surface area contributed by atoms with Crippen molar-refractivity contribution in [3.05, 3.63) is 29.3 Å². The zero-order chi connectivity index (χ0) is 13.7. The Balaban J connectivity index is 2.93. The number of carbonyl (C=O) groups is 1. The van der Waals surface area contributed by atoms with E-state index in [1.165, 1.54) is 19.2 Å². The van der Waals surface area contributed by atoms with Gasteiger partial charge in [0.25, 0.3) is 0 Å². The van der Waals surface area contributed by atoms with Crippen LogP contribution in [0.15, 0.2) is 18.2 Å². The summed E-state index contributed by atoms with van der Waals surface area (Å²) in [6, 6.07) is 4.49. The number of aliphatic hydroxyl groups is 2. The number of esters is 1. The summed E-state index contributed by atoms with van der Waals surface area (Å²) in [6.45, 7) is 0. The molecule has 2 atom stereocenters. The molecule has 4 N–H and O–H groups in total. The van der Waals surface area contributed by atoms with Crippen LogP contribution < -0.4 is 5.73 Å². The Kier molecular flexibility index (Phi) is 5.58. The van der Waals surface area contributed by atoms with Crippen LogP contribution in [-0.4, -0.2) is 34.7 Å². The number of hydrogen-bond acceptors (Lipinski definition) is 5. The van der Waals surface area contributed by atoms with Crippen molar-refractivity contribution < 1.29 is 19.7 Å². The molecule has 1 rings (SSSR count). The molecule has 100 valence electrons. The van der Waals surface area contributed by atoms with E-state index in [9.17, 15) is 15.0 Å². The zero-order valence-electron chi connectivity index (χ0n) is 9.97. The Labute approximate surface area is 114 Å². The van der Waals surface area contributed by atoms with Crippen molar-refractivity contribution in [2.75, 3.05) is 18.2 Å². The van der Waals surface area contributed by atoms with Crippen molar-refractivity contribution in [2.24, 2.45) is 0 Å². The first-order valence-corrected chi connectivity index (χ1v) is 6.53. The summed E-state index contributed by atoms with van der Waals surface area (Å²) in [5.74, 6) is -0.533. The Morgan fingerprint density at radius 1 is 1.50 bits per heavy atom. The molecule has 0 bridgehead atoms. The number of halogens is 1. The van der Waals surface area contributed by atoms with Gasteiger partial charge in [0.05, 0.1) is 18.8 Å². The lowest BCUT2D eigenvalue weighted by Gasteiger charge is -2.18. The molecule has 0 aliphatic rings. The second-order valence-electron chi connectivity index (χ2n) is 3.83. The largest absolute Gasteiger partial charge is 0.465 e. The number of benzene rings is 1. The molecule has 2 unspecified atom stereocenters. The van der Waals surface area contributed by atoms with Crippen LogP contribution in [0.2, 0.25) is 0 Å². The molecule has 1 aromatic rings. The third-order valence-corrected chi connectivity index (χ3v) is 3.05. The molecule has 0 aliphatic carbocycles. The number of methoxy groups -OCH3 is 1. The van der Waals surface area contributed by atoms with Gasteiger partial charge in [0.15, 0.2) is 0 Å². The predicted molar refractivity (Wildman–Crippen MR) is 71.6 cm³/mol. The molecular formula is C12H16BrNO4. The van der Waals surface area contributed by atoms with Crippen LogP contribution in [0.25, 0.3) is 0 Å². The number of alkyl halides is 1. The number of aliphatic hydroxyl groups excluding tert-OH is 2. The van der Waals surface area contributed by atoms with E-state index in [1.54, 1.807) is 6.07 Å². The molecule has 0 fully saturated rings. The zero-order valence-corrected chi connectivity index (χ0v) is 11.6. The van der Waals surface area contributed by atoms with E-state index in [2.05, 4.69) is 20.7 Å². The molecule has 0 saturated carbocycles. The number of hydrogen-bond donors (Lipinski definition) is 3. The van der Waals surface area contributed by atoms with Crippen LogP contribution in [0.5, 0.6) is 0 Å². The SMILES string of the molecule is COC(=O)c1ccc(C(O)C(O)CCBr)cc1N. The highest BCUT2D eigenvalue weighted by Gasteiger charge is 2.19. The lowest BCUT2D eigenvalue weighted by molar-refractivity contribution is 0.0174.